The summed E-state index contributed by atoms with van der Waals surface area (Å²) in [5, 5.41) is 0.637. The van der Waals surface area contributed by atoms with E-state index in [1.807, 2.05) is 0 Å². The van der Waals surface area contributed by atoms with Crippen LogP contribution in [-0.2, 0) is 11.3 Å². The molecule has 0 aliphatic heterocycles. The number of aromatic nitrogens is 2. The fraction of sp³-hybridized carbons (Fsp3) is 0.231. The number of hydrogen-bond donors (Lipinski definition) is 0. The quantitative estimate of drug-likeness (QED) is 0.315. The number of carbonyl (C=O) groups excluding carboxylic acids is 4. The minimum Gasteiger partial charge on any atom is -0.345 e. The van der Waals surface area contributed by atoms with E-state index in [1.54, 1.807) is 52.5 Å². The van der Waals surface area contributed by atoms with Gasteiger partial charge in [0.15, 0.2) is 5.82 Å². The number of anilines is 1. The monoisotopic (exact) mass is 541 g/mol. The molecular weight excluding hydrogens is 517 g/mol. The Morgan fingerprint density at radius 2 is 1.35 bits per heavy atom. The Hall–Kier alpha value is -3.82. The van der Waals surface area contributed by atoms with Gasteiger partial charge in [-0.05, 0) is 42.0 Å². The van der Waals surface area contributed by atoms with Crippen LogP contribution in [0.3, 0.4) is 0 Å². The van der Waals surface area contributed by atoms with Crippen LogP contribution in [0.15, 0.2) is 54.9 Å². The Kier molecular flexibility index (Phi) is 8.96. The van der Waals surface area contributed by atoms with Gasteiger partial charge in [0, 0.05) is 57.4 Å². The molecule has 3 aromatic rings. The van der Waals surface area contributed by atoms with Gasteiger partial charge in [0.05, 0.1) is 23.0 Å². The van der Waals surface area contributed by atoms with Gasteiger partial charge in [-0.1, -0.05) is 29.3 Å². The number of halogens is 2. The van der Waals surface area contributed by atoms with Crippen molar-refractivity contribution in [1.82, 2.24) is 19.8 Å². The van der Waals surface area contributed by atoms with E-state index < -0.39 is 18.1 Å². The lowest BCUT2D eigenvalue weighted by atomic mass is 10.0. The van der Waals surface area contributed by atoms with Crippen LogP contribution in [0.4, 0.5) is 5.69 Å². The van der Waals surface area contributed by atoms with Gasteiger partial charge in [-0.2, -0.15) is 0 Å². The van der Waals surface area contributed by atoms with Crippen molar-refractivity contribution in [3.8, 4) is 0 Å². The molecule has 0 N–H and O–H groups in total. The molecule has 0 aliphatic carbocycles. The maximum atomic E-state index is 13.5. The molecule has 0 aliphatic rings. The van der Waals surface area contributed by atoms with Crippen LogP contribution in [-0.4, -0.2) is 71.5 Å². The van der Waals surface area contributed by atoms with Gasteiger partial charge in [-0.15, -0.1) is 0 Å². The Morgan fingerprint density at radius 3 is 1.86 bits per heavy atom. The van der Waals surface area contributed by atoms with Gasteiger partial charge >= 0.3 is 0 Å². The predicted molar refractivity (Wildman–Crippen MR) is 141 cm³/mol. The molecule has 0 spiro atoms. The summed E-state index contributed by atoms with van der Waals surface area (Å²) in [5.41, 5.74) is 1.29. The first-order valence-electron chi connectivity index (χ1n) is 11.1. The van der Waals surface area contributed by atoms with Gasteiger partial charge in [-0.3, -0.25) is 19.2 Å². The van der Waals surface area contributed by atoms with Gasteiger partial charge in [0.1, 0.15) is 0 Å². The van der Waals surface area contributed by atoms with Crippen molar-refractivity contribution in [3.63, 3.8) is 0 Å². The SMILES string of the molecule is CN(C)C(=O)c1cc(C(=O)N(C)C)cc(N(Cc2ccc(Cl)c(Cl)c2)C(=O)CC(=O)c2ncccn2)c1. The fourth-order valence-corrected chi connectivity index (χ4v) is 3.75. The molecule has 37 heavy (non-hydrogen) atoms. The molecule has 0 saturated heterocycles. The number of carbonyl (C=O) groups is 4. The molecule has 0 unspecified atom stereocenters. The molecule has 192 valence electrons. The third-order valence-corrected chi connectivity index (χ3v) is 6.03. The van der Waals surface area contributed by atoms with E-state index in [0.29, 0.717) is 15.6 Å². The van der Waals surface area contributed by atoms with Crippen molar-refractivity contribution >= 4 is 52.4 Å². The zero-order valence-electron chi connectivity index (χ0n) is 20.7. The first kappa shape index (κ1) is 27.8. The summed E-state index contributed by atoms with van der Waals surface area (Å²) in [6.45, 7) is -0.00610. The molecule has 1 heterocycles. The maximum Gasteiger partial charge on any atom is 0.253 e. The van der Waals surface area contributed by atoms with E-state index in [-0.39, 0.29) is 41.0 Å². The lowest BCUT2D eigenvalue weighted by molar-refractivity contribution is -0.117. The number of amides is 3. The van der Waals surface area contributed by atoms with E-state index in [0.717, 1.165) is 0 Å². The number of ketones is 1. The number of benzene rings is 2. The number of nitrogens with zero attached hydrogens (tertiary/aromatic N) is 5. The molecule has 11 heteroatoms. The fourth-order valence-electron chi connectivity index (χ4n) is 3.43. The second-order valence-electron chi connectivity index (χ2n) is 8.57. The Bertz CT molecular complexity index is 1310. The minimum absolute atomic E-state index is 0.00610. The standard InChI is InChI=1S/C26H25Cl2N5O4/c1-31(2)25(36)17-11-18(26(37)32(3)4)13-19(12-17)33(15-16-6-7-20(27)21(28)10-16)23(35)14-22(34)24-29-8-5-9-30-24/h5-13H,14-15H2,1-4H3. The Balaban J connectivity index is 2.10. The highest BCUT2D eigenvalue weighted by atomic mass is 35.5. The van der Waals surface area contributed by atoms with Gasteiger partial charge in [0.25, 0.3) is 11.8 Å². The van der Waals surface area contributed by atoms with Gasteiger partial charge in [0.2, 0.25) is 11.7 Å². The highest BCUT2D eigenvalue weighted by molar-refractivity contribution is 6.42. The van der Waals surface area contributed by atoms with Crippen LogP contribution in [0, 0.1) is 0 Å². The van der Waals surface area contributed by atoms with Crippen LogP contribution in [0.2, 0.25) is 10.0 Å². The lowest BCUT2D eigenvalue weighted by Gasteiger charge is -2.25. The summed E-state index contributed by atoms with van der Waals surface area (Å²) in [5.74, 6) is -1.96. The summed E-state index contributed by atoms with van der Waals surface area (Å²) >= 11 is 12.2. The van der Waals surface area contributed by atoms with Crippen molar-refractivity contribution in [1.29, 1.82) is 0 Å². The summed E-state index contributed by atoms with van der Waals surface area (Å²) in [7, 11) is 6.33. The predicted octanol–water partition coefficient (Wildman–Crippen LogP) is 3.99. The van der Waals surface area contributed by atoms with E-state index in [1.165, 1.54) is 45.3 Å². The molecule has 0 atom stereocenters. The third kappa shape index (κ3) is 6.90. The smallest absolute Gasteiger partial charge is 0.253 e. The Morgan fingerprint density at radius 1 is 0.784 bits per heavy atom. The van der Waals surface area contributed by atoms with Gasteiger partial charge < -0.3 is 14.7 Å². The van der Waals surface area contributed by atoms with Crippen molar-refractivity contribution in [2.45, 2.75) is 13.0 Å². The molecule has 3 amide bonds. The zero-order valence-corrected chi connectivity index (χ0v) is 22.2. The average molecular weight is 542 g/mol. The van der Waals surface area contributed by atoms with Crippen molar-refractivity contribution in [2.24, 2.45) is 0 Å². The topological polar surface area (TPSA) is 104 Å². The zero-order chi connectivity index (χ0) is 27.3. The maximum absolute atomic E-state index is 13.5. The lowest BCUT2D eigenvalue weighted by Crippen LogP contribution is -2.33. The second kappa shape index (κ2) is 11.9. The van der Waals surface area contributed by atoms with Gasteiger partial charge in [-0.25, -0.2) is 9.97 Å². The van der Waals surface area contributed by atoms with E-state index in [9.17, 15) is 19.2 Å². The largest absolute Gasteiger partial charge is 0.345 e. The molecule has 0 fully saturated rings. The second-order valence-corrected chi connectivity index (χ2v) is 9.38. The van der Waals surface area contributed by atoms with E-state index >= 15 is 0 Å². The van der Waals surface area contributed by atoms with E-state index in [4.69, 9.17) is 23.2 Å². The van der Waals surface area contributed by atoms with Crippen LogP contribution in [0.25, 0.3) is 0 Å². The molecule has 9 nitrogen and oxygen atoms in total. The summed E-state index contributed by atoms with van der Waals surface area (Å²) in [6, 6.07) is 10.9. The van der Waals surface area contributed by atoms with Crippen LogP contribution in [0.5, 0.6) is 0 Å². The van der Waals surface area contributed by atoms with Crippen LogP contribution in [0.1, 0.15) is 43.3 Å². The number of hydrogen-bond acceptors (Lipinski definition) is 6. The molecule has 3 rings (SSSR count). The van der Waals surface area contributed by atoms with Crippen LogP contribution >= 0.6 is 23.2 Å². The molecule has 1 aromatic heterocycles. The van der Waals surface area contributed by atoms with E-state index in [2.05, 4.69) is 9.97 Å². The first-order chi connectivity index (χ1) is 17.5. The van der Waals surface area contributed by atoms with Crippen molar-refractivity contribution < 1.29 is 19.2 Å². The molecular formula is C26H25Cl2N5O4. The molecule has 0 saturated carbocycles. The average Bonchev–Trinajstić information content (AvgIpc) is 2.88. The van der Waals surface area contributed by atoms with Crippen LogP contribution < -0.4 is 4.90 Å². The highest BCUT2D eigenvalue weighted by Gasteiger charge is 2.25. The number of rotatable bonds is 8. The molecule has 0 radical (unpaired) electrons. The summed E-state index contributed by atoms with van der Waals surface area (Å²) in [4.78, 5) is 63.8. The summed E-state index contributed by atoms with van der Waals surface area (Å²) in [6.07, 6.45) is 2.29. The Labute approximate surface area is 224 Å². The van der Waals surface area contributed by atoms with Crippen molar-refractivity contribution in [3.05, 3.63) is 87.4 Å². The van der Waals surface area contributed by atoms with Crippen molar-refractivity contribution in [2.75, 3.05) is 33.1 Å². The highest BCUT2D eigenvalue weighted by Crippen LogP contribution is 2.27. The minimum atomic E-state index is -0.582. The molecule has 2 aromatic carbocycles. The first-order valence-corrected chi connectivity index (χ1v) is 11.9. The summed E-state index contributed by atoms with van der Waals surface area (Å²) < 4.78 is 0. The normalized spacial score (nSPS) is 10.5. The molecule has 0 bridgehead atoms. The number of Topliss-reactive ketones (excluding diaryl/α,β-unsaturated/α-hetero) is 1. The third-order valence-electron chi connectivity index (χ3n) is 5.29.